The zero-order valence-electron chi connectivity index (χ0n) is 24.1. The topological polar surface area (TPSA) is 0 Å². The highest BCUT2D eigenvalue weighted by molar-refractivity contribution is 7.98. The fraction of sp³-hybridized carbons (Fsp3) is 0.243. The molecule has 0 radical (unpaired) electrons. The molecule has 2 aromatic rings. The van der Waals surface area contributed by atoms with E-state index in [4.69, 9.17) is 0 Å². The Balaban J connectivity index is 1.36. The van der Waals surface area contributed by atoms with E-state index in [1.54, 1.807) is 22.3 Å². The van der Waals surface area contributed by atoms with Crippen molar-refractivity contribution in [1.29, 1.82) is 0 Å². The van der Waals surface area contributed by atoms with Crippen LogP contribution in [0.25, 0.3) is 0 Å². The predicted molar refractivity (Wildman–Crippen MR) is 181 cm³/mol. The van der Waals surface area contributed by atoms with Gasteiger partial charge in [0.05, 0.1) is 8.80 Å². The molecule has 0 heterocycles. The normalized spacial score (nSPS) is 25.9. The van der Waals surface area contributed by atoms with Crippen LogP contribution in [0.4, 0.5) is 0 Å². The highest BCUT2D eigenvalue weighted by atomic mass is 32.2. The summed E-state index contributed by atoms with van der Waals surface area (Å²) in [6, 6.07) is 18.4. The molecule has 0 nitrogen and oxygen atoms in total. The van der Waals surface area contributed by atoms with Crippen molar-refractivity contribution in [2.75, 3.05) is 12.5 Å². The first kappa shape index (κ1) is 27.4. The Kier molecular flexibility index (Phi) is 7.99. The maximum atomic E-state index is 2.62. The quantitative estimate of drug-likeness (QED) is 0.249. The van der Waals surface area contributed by atoms with Gasteiger partial charge in [0.15, 0.2) is 0 Å². The third-order valence-corrected chi connectivity index (χ3v) is 14.5. The number of hydrogen-bond donors (Lipinski definition) is 0. The Morgan fingerprint density at radius 1 is 0.550 bits per heavy atom. The van der Waals surface area contributed by atoms with Crippen LogP contribution in [0.1, 0.15) is 36.8 Å². The number of hydrogen-bond acceptors (Lipinski definition) is 2. The van der Waals surface area contributed by atoms with Crippen molar-refractivity contribution in [3.05, 3.63) is 154 Å². The molecule has 0 saturated heterocycles. The summed E-state index contributed by atoms with van der Waals surface area (Å²) in [5.41, 5.74) is 13.1. The molecular weight excluding hydrogens is 537 g/mol. The maximum Gasteiger partial charge on any atom is 0.0598 e. The lowest BCUT2D eigenvalue weighted by Gasteiger charge is -2.30. The van der Waals surface area contributed by atoms with Crippen LogP contribution < -0.4 is 0 Å². The molecule has 202 valence electrons. The molecular formula is C37H38S2Si. The first-order valence-corrected chi connectivity index (χ1v) is 19.3. The number of rotatable bonds is 6. The monoisotopic (exact) mass is 574 g/mol. The van der Waals surface area contributed by atoms with Crippen LogP contribution in [0.15, 0.2) is 153 Å². The molecule has 3 heteroatoms. The van der Waals surface area contributed by atoms with Gasteiger partial charge in [-0.2, -0.15) is 0 Å². The summed E-state index contributed by atoms with van der Waals surface area (Å²) in [7, 11) is -1.34. The summed E-state index contributed by atoms with van der Waals surface area (Å²) >= 11 is 3.62. The van der Waals surface area contributed by atoms with E-state index in [1.807, 2.05) is 23.5 Å². The molecule has 4 atom stereocenters. The van der Waals surface area contributed by atoms with E-state index < -0.39 is 8.80 Å². The average molecular weight is 575 g/mol. The van der Waals surface area contributed by atoms with Crippen LogP contribution in [-0.2, 0) is 0 Å². The molecule has 0 N–H and O–H groups in total. The van der Waals surface area contributed by atoms with Gasteiger partial charge in [0.2, 0.25) is 0 Å². The largest absolute Gasteiger partial charge is 0.130 e. The van der Waals surface area contributed by atoms with Gasteiger partial charge in [0, 0.05) is 21.6 Å². The van der Waals surface area contributed by atoms with Gasteiger partial charge in [-0.05, 0) is 95.1 Å². The van der Waals surface area contributed by atoms with E-state index in [2.05, 4.69) is 142 Å². The van der Waals surface area contributed by atoms with Gasteiger partial charge in [0.25, 0.3) is 0 Å². The zero-order valence-corrected chi connectivity index (χ0v) is 26.9. The molecule has 0 spiro atoms. The Morgan fingerprint density at radius 2 is 0.950 bits per heavy atom. The van der Waals surface area contributed by atoms with Crippen LogP contribution in [0.3, 0.4) is 0 Å². The second-order valence-corrected chi connectivity index (χ2v) is 16.2. The third-order valence-electron chi connectivity index (χ3n) is 9.14. The summed E-state index contributed by atoms with van der Waals surface area (Å²) in [5.74, 6) is 0.625. The molecule has 4 aliphatic rings. The van der Waals surface area contributed by atoms with E-state index >= 15 is 0 Å². The SMILES string of the molecule is CSc1ccc(C2C=CC=CC3=C2C=C(C)C3[SiH](C)C2C(C)=CC3=C2C=CC=CC3c2ccc(SC)cc2)cc1. The Morgan fingerprint density at radius 3 is 1.32 bits per heavy atom. The lowest BCUT2D eigenvalue weighted by molar-refractivity contribution is 0.996. The van der Waals surface area contributed by atoms with Crippen molar-refractivity contribution in [3.8, 4) is 0 Å². The van der Waals surface area contributed by atoms with Gasteiger partial charge in [-0.3, -0.25) is 0 Å². The summed E-state index contributed by atoms with van der Waals surface area (Å²) in [4.78, 5) is 2.64. The second-order valence-electron chi connectivity index (χ2n) is 11.4. The highest BCUT2D eigenvalue weighted by Crippen LogP contribution is 2.53. The molecule has 2 aromatic carbocycles. The van der Waals surface area contributed by atoms with Crippen LogP contribution in [0.2, 0.25) is 17.6 Å². The van der Waals surface area contributed by atoms with E-state index in [1.165, 1.54) is 32.1 Å². The molecule has 0 bridgehead atoms. The lowest BCUT2D eigenvalue weighted by atomic mass is 9.89. The first-order valence-electron chi connectivity index (χ1n) is 14.3. The van der Waals surface area contributed by atoms with Crippen molar-refractivity contribution >= 4 is 32.3 Å². The summed E-state index contributed by atoms with van der Waals surface area (Å²) in [6.45, 7) is 7.40. The highest BCUT2D eigenvalue weighted by Gasteiger charge is 2.40. The molecule has 6 rings (SSSR count). The lowest BCUT2D eigenvalue weighted by Crippen LogP contribution is -2.25. The number of thioether (sulfide) groups is 2. The molecule has 0 amide bonds. The van der Waals surface area contributed by atoms with Crippen molar-refractivity contribution in [1.82, 2.24) is 0 Å². The van der Waals surface area contributed by atoms with E-state index in [0.717, 1.165) is 0 Å². The van der Waals surface area contributed by atoms with E-state index in [-0.39, 0.29) is 0 Å². The molecule has 4 unspecified atom stereocenters. The molecule has 0 aromatic heterocycles. The average Bonchev–Trinajstić information content (AvgIpc) is 3.29. The molecule has 0 aliphatic heterocycles. The van der Waals surface area contributed by atoms with Gasteiger partial charge in [-0.25, -0.2) is 0 Å². The van der Waals surface area contributed by atoms with E-state index in [9.17, 15) is 0 Å². The summed E-state index contributed by atoms with van der Waals surface area (Å²) in [6.07, 6.45) is 28.0. The molecule has 4 aliphatic carbocycles. The fourth-order valence-electron chi connectivity index (χ4n) is 7.29. The van der Waals surface area contributed by atoms with Gasteiger partial charge in [-0.1, -0.05) is 103 Å². The zero-order chi connectivity index (χ0) is 27.8. The third kappa shape index (κ3) is 4.97. The predicted octanol–water partition coefficient (Wildman–Crippen LogP) is 10.4. The summed E-state index contributed by atoms with van der Waals surface area (Å²) < 4.78 is 0. The minimum atomic E-state index is -1.34. The standard InChI is InChI=1S/C37H38S2Si/c1-24-22-34-30(26-14-18-28(38-3)19-15-26)10-6-8-12-32(34)36(24)40(5)37-25(2)23-35-31(11-7-9-13-33(35)37)27-16-20-29(39-4)21-17-27/h6-23,30-31,36-37,40H,1-5H3. The summed E-state index contributed by atoms with van der Waals surface area (Å²) in [5, 5.41) is 0. The van der Waals surface area contributed by atoms with Gasteiger partial charge < -0.3 is 0 Å². The van der Waals surface area contributed by atoms with Crippen molar-refractivity contribution in [2.45, 2.75) is 53.1 Å². The Labute approximate surface area is 250 Å². The van der Waals surface area contributed by atoms with Crippen LogP contribution in [0, 0.1) is 0 Å². The second kappa shape index (κ2) is 11.6. The van der Waals surface area contributed by atoms with Crippen molar-refractivity contribution in [2.24, 2.45) is 0 Å². The van der Waals surface area contributed by atoms with Gasteiger partial charge in [0.1, 0.15) is 0 Å². The minimum absolute atomic E-state index is 0.313. The maximum absolute atomic E-state index is 2.62. The Hall–Kier alpha value is -2.72. The van der Waals surface area contributed by atoms with Crippen molar-refractivity contribution in [3.63, 3.8) is 0 Å². The molecule has 0 fully saturated rings. The van der Waals surface area contributed by atoms with Gasteiger partial charge >= 0.3 is 0 Å². The van der Waals surface area contributed by atoms with Crippen LogP contribution in [-0.4, -0.2) is 21.3 Å². The van der Waals surface area contributed by atoms with E-state index in [0.29, 0.717) is 22.9 Å². The first-order chi connectivity index (χ1) is 19.5. The smallest absolute Gasteiger partial charge is 0.0598 e. The number of allylic oxidation sites excluding steroid dienone is 16. The van der Waals surface area contributed by atoms with Crippen molar-refractivity contribution < 1.29 is 0 Å². The van der Waals surface area contributed by atoms with Crippen LogP contribution >= 0.6 is 23.5 Å². The van der Waals surface area contributed by atoms with Gasteiger partial charge in [-0.15, -0.1) is 23.5 Å². The van der Waals surface area contributed by atoms with Crippen LogP contribution in [0.5, 0.6) is 0 Å². The molecule has 40 heavy (non-hydrogen) atoms. The fourth-order valence-corrected chi connectivity index (χ4v) is 12.1. The molecule has 0 saturated carbocycles. The number of benzene rings is 2. The minimum Gasteiger partial charge on any atom is -0.130 e. The Bertz CT molecular complexity index is 1420.